The second-order valence-electron chi connectivity index (χ2n) is 5.17. The van der Waals surface area contributed by atoms with E-state index in [0.29, 0.717) is 41.0 Å². The Hall–Kier alpha value is -1.34. The minimum Gasteiger partial charge on any atom is -0.355 e. The summed E-state index contributed by atoms with van der Waals surface area (Å²) < 4.78 is 12.3. The van der Waals surface area contributed by atoms with Gasteiger partial charge in [-0.1, -0.05) is 29.4 Å². The van der Waals surface area contributed by atoms with Crippen LogP contribution in [-0.2, 0) is 16.0 Å². The molecule has 1 saturated heterocycles. The first-order chi connectivity index (χ1) is 11.2. The van der Waals surface area contributed by atoms with Gasteiger partial charge in [0.05, 0.1) is 23.6 Å². The van der Waals surface area contributed by atoms with Crippen molar-refractivity contribution in [1.29, 1.82) is 0 Å². The molecule has 5 nitrogen and oxygen atoms in total. The summed E-state index contributed by atoms with van der Waals surface area (Å²) in [6.07, 6.45) is 2.65. The number of nitrogens with zero attached hydrogens (tertiary/aromatic N) is 2. The SMILES string of the molecule is C=CCn1c(SC[C@@H]2CCOCO2)nc2ccc(Cl)cc2c1=O. The van der Waals surface area contributed by atoms with Crippen LogP contribution in [0.1, 0.15) is 6.42 Å². The molecular formula is C16H17ClN2O3S. The van der Waals surface area contributed by atoms with E-state index in [1.54, 1.807) is 28.8 Å². The lowest BCUT2D eigenvalue weighted by Gasteiger charge is -2.22. The van der Waals surface area contributed by atoms with E-state index in [1.807, 2.05) is 0 Å². The minimum absolute atomic E-state index is 0.104. The fraction of sp³-hybridized carbons (Fsp3) is 0.375. The molecule has 1 atom stereocenters. The fourth-order valence-corrected chi connectivity index (χ4v) is 3.62. The van der Waals surface area contributed by atoms with Crippen molar-refractivity contribution >= 4 is 34.3 Å². The minimum atomic E-state index is -0.104. The first-order valence-electron chi connectivity index (χ1n) is 7.32. The highest BCUT2D eigenvalue weighted by Crippen LogP contribution is 2.23. The van der Waals surface area contributed by atoms with Crippen LogP contribution >= 0.6 is 23.4 Å². The summed E-state index contributed by atoms with van der Waals surface area (Å²) in [6.45, 7) is 5.16. The summed E-state index contributed by atoms with van der Waals surface area (Å²) in [5.74, 6) is 0.728. The Morgan fingerprint density at radius 2 is 2.39 bits per heavy atom. The molecule has 1 aliphatic rings. The van der Waals surface area contributed by atoms with Gasteiger partial charge in [-0.05, 0) is 24.6 Å². The summed E-state index contributed by atoms with van der Waals surface area (Å²) in [5, 5.41) is 1.71. The third-order valence-electron chi connectivity index (χ3n) is 3.56. The second-order valence-corrected chi connectivity index (χ2v) is 6.60. The number of benzene rings is 1. The Bertz CT molecular complexity index is 772. The van der Waals surface area contributed by atoms with Crippen molar-refractivity contribution in [2.75, 3.05) is 19.2 Å². The number of ether oxygens (including phenoxy) is 2. The zero-order chi connectivity index (χ0) is 16.2. The molecule has 1 fully saturated rings. The van der Waals surface area contributed by atoms with Gasteiger partial charge in [0.25, 0.3) is 5.56 Å². The van der Waals surface area contributed by atoms with Crippen LogP contribution in [0.25, 0.3) is 10.9 Å². The van der Waals surface area contributed by atoms with Gasteiger partial charge >= 0.3 is 0 Å². The average Bonchev–Trinajstić information content (AvgIpc) is 2.57. The van der Waals surface area contributed by atoms with Crippen molar-refractivity contribution in [3.63, 3.8) is 0 Å². The predicted octanol–water partition coefficient (Wildman–Crippen LogP) is 3.09. The second kappa shape index (κ2) is 7.49. The van der Waals surface area contributed by atoms with E-state index >= 15 is 0 Å². The lowest BCUT2D eigenvalue weighted by molar-refractivity contribution is -0.130. The number of fused-ring (bicyclic) bond motifs is 1. The van der Waals surface area contributed by atoms with Gasteiger partial charge < -0.3 is 9.47 Å². The summed E-state index contributed by atoms with van der Waals surface area (Å²) in [6, 6.07) is 5.17. The van der Waals surface area contributed by atoms with Gasteiger partial charge in [0, 0.05) is 17.3 Å². The highest BCUT2D eigenvalue weighted by atomic mass is 35.5. The molecule has 3 rings (SSSR count). The number of hydrogen-bond acceptors (Lipinski definition) is 5. The molecule has 122 valence electrons. The fourth-order valence-electron chi connectivity index (χ4n) is 2.37. The van der Waals surface area contributed by atoms with Crippen molar-refractivity contribution in [3.05, 3.63) is 46.2 Å². The molecule has 1 aromatic carbocycles. The summed E-state index contributed by atoms with van der Waals surface area (Å²) >= 11 is 7.51. The maximum atomic E-state index is 12.7. The van der Waals surface area contributed by atoms with Gasteiger partial charge in [-0.3, -0.25) is 9.36 Å². The van der Waals surface area contributed by atoms with Crippen molar-refractivity contribution in [3.8, 4) is 0 Å². The molecule has 2 heterocycles. The van der Waals surface area contributed by atoms with Crippen molar-refractivity contribution in [2.45, 2.75) is 24.2 Å². The Kier molecular flexibility index (Phi) is 5.38. The van der Waals surface area contributed by atoms with E-state index in [0.717, 1.165) is 12.2 Å². The lowest BCUT2D eigenvalue weighted by Crippen LogP contribution is -2.27. The van der Waals surface area contributed by atoms with Gasteiger partial charge in [-0.15, -0.1) is 6.58 Å². The first kappa shape index (κ1) is 16.5. The monoisotopic (exact) mass is 352 g/mol. The summed E-state index contributed by atoms with van der Waals surface area (Å²) in [4.78, 5) is 17.3. The van der Waals surface area contributed by atoms with E-state index in [-0.39, 0.29) is 11.7 Å². The maximum absolute atomic E-state index is 12.7. The van der Waals surface area contributed by atoms with E-state index in [1.165, 1.54) is 11.8 Å². The smallest absolute Gasteiger partial charge is 0.262 e. The zero-order valence-corrected chi connectivity index (χ0v) is 14.1. The Morgan fingerprint density at radius 3 is 3.13 bits per heavy atom. The molecule has 23 heavy (non-hydrogen) atoms. The van der Waals surface area contributed by atoms with Crippen LogP contribution in [-0.4, -0.2) is 34.8 Å². The van der Waals surface area contributed by atoms with E-state index in [2.05, 4.69) is 11.6 Å². The van der Waals surface area contributed by atoms with Crippen LogP contribution in [0.3, 0.4) is 0 Å². The summed E-state index contributed by atoms with van der Waals surface area (Å²) in [5.41, 5.74) is 0.544. The molecule has 0 unspecified atom stereocenters. The van der Waals surface area contributed by atoms with Crippen molar-refractivity contribution < 1.29 is 9.47 Å². The Labute approximate surface area is 143 Å². The topological polar surface area (TPSA) is 53.4 Å². The molecule has 0 N–H and O–H groups in total. The quantitative estimate of drug-likeness (QED) is 0.470. The van der Waals surface area contributed by atoms with Gasteiger partial charge in [0.1, 0.15) is 6.79 Å². The maximum Gasteiger partial charge on any atom is 0.262 e. The van der Waals surface area contributed by atoms with Crippen molar-refractivity contribution in [1.82, 2.24) is 9.55 Å². The lowest BCUT2D eigenvalue weighted by atomic mass is 10.2. The number of rotatable bonds is 5. The highest BCUT2D eigenvalue weighted by Gasteiger charge is 2.17. The van der Waals surface area contributed by atoms with Crippen LogP contribution in [0.4, 0.5) is 0 Å². The molecule has 0 amide bonds. The third-order valence-corrected chi connectivity index (χ3v) is 4.91. The van der Waals surface area contributed by atoms with Crippen LogP contribution in [0.5, 0.6) is 0 Å². The van der Waals surface area contributed by atoms with Crippen LogP contribution in [0.2, 0.25) is 5.02 Å². The Balaban J connectivity index is 1.93. The van der Waals surface area contributed by atoms with Gasteiger partial charge in [0.15, 0.2) is 5.16 Å². The number of aromatic nitrogens is 2. The predicted molar refractivity (Wildman–Crippen MR) is 92.2 cm³/mol. The molecule has 1 aromatic heterocycles. The van der Waals surface area contributed by atoms with E-state index in [4.69, 9.17) is 21.1 Å². The standard InChI is InChI=1S/C16H17ClN2O3S/c1-2-6-19-15(20)13-8-11(17)3-4-14(13)18-16(19)23-9-12-5-7-21-10-22-12/h2-4,8,12H,1,5-7,9-10H2/t12-/m0/s1. The molecule has 2 aromatic rings. The number of allylic oxidation sites excluding steroid dienone is 1. The summed E-state index contributed by atoms with van der Waals surface area (Å²) in [7, 11) is 0. The highest BCUT2D eigenvalue weighted by molar-refractivity contribution is 7.99. The van der Waals surface area contributed by atoms with Gasteiger partial charge in [-0.2, -0.15) is 0 Å². The van der Waals surface area contributed by atoms with E-state index < -0.39 is 0 Å². The zero-order valence-electron chi connectivity index (χ0n) is 12.5. The molecule has 0 aliphatic carbocycles. The third kappa shape index (κ3) is 3.77. The number of hydrogen-bond donors (Lipinski definition) is 0. The molecule has 0 radical (unpaired) electrons. The van der Waals surface area contributed by atoms with Crippen molar-refractivity contribution in [2.24, 2.45) is 0 Å². The largest absolute Gasteiger partial charge is 0.355 e. The van der Waals surface area contributed by atoms with Gasteiger partial charge in [-0.25, -0.2) is 4.98 Å². The van der Waals surface area contributed by atoms with E-state index in [9.17, 15) is 4.79 Å². The normalized spacial score (nSPS) is 18.2. The molecule has 7 heteroatoms. The van der Waals surface area contributed by atoms with Crippen LogP contribution in [0, 0.1) is 0 Å². The molecule has 0 bridgehead atoms. The molecule has 0 saturated carbocycles. The van der Waals surface area contributed by atoms with Crippen LogP contribution < -0.4 is 5.56 Å². The van der Waals surface area contributed by atoms with Crippen LogP contribution in [0.15, 0.2) is 40.8 Å². The average molecular weight is 353 g/mol. The Morgan fingerprint density at radius 1 is 1.52 bits per heavy atom. The number of halogens is 1. The molecular weight excluding hydrogens is 336 g/mol. The van der Waals surface area contributed by atoms with Gasteiger partial charge in [0.2, 0.25) is 0 Å². The molecule has 0 spiro atoms. The molecule has 1 aliphatic heterocycles. The first-order valence-corrected chi connectivity index (χ1v) is 8.68. The number of thioether (sulfide) groups is 1.